The van der Waals surface area contributed by atoms with Gasteiger partial charge in [-0.05, 0) is 54.7 Å². The molecule has 2 saturated carbocycles. The maximum atomic E-state index is 12.5. The Morgan fingerprint density at radius 2 is 2.09 bits per heavy atom. The monoisotopic (exact) mass is 313 g/mol. The smallest absolute Gasteiger partial charge is 0.162 e. The van der Waals surface area contributed by atoms with Crippen molar-refractivity contribution in [2.24, 2.45) is 34.3 Å². The number of hydrogen-bond donors (Lipinski definition) is 1. The molecule has 23 heavy (non-hydrogen) atoms. The van der Waals surface area contributed by atoms with E-state index >= 15 is 0 Å². The van der Waals surface area contributed by atoms with Crippen molar-refractivity contribution in [1.82, 2.24) is 0 Å². The van der Waals surface area contributed by atoms with E-state index < -0.39 is 0 Å². The number of rotatable bonds is 1. The second-order valence-electron chi connectivity index (χ2n) is 8.36. The number of carbonyl (C=O) groups is 1. The summed E-state index contributed by atoms with van der Waals surface area (Å²) in [6.07, 6.45) is 12.7. The van der Waals surface area contributed by atoms with Crippen LogP contribution in [0.2, 0.25) is 0 Å². The molecule has 0 spiro atoms. The number of fused-ring (bicyclic) bond motifs is 5. The van der Waals surface area contributed by atoms with E-state index in [2.05, 4.69) is 38.2 Å². The summed E-state index contributed by atoms with van der Waals surface area (Å²) in [6.45, 7) is 4.63. The molecule has 4 aliphatic carbocycles. The number of allylic oxidation sites excluding steroid dienone is 5. The number of ether oxygens (including phenoxy) is 1. The third-order valence-electron chi connectivity index (χ3n) is 7.37. The summed E-state index contributed by atoms with van der Waals surface area (Å²) in [7, 11) is 1.69. The van der Waals surface area contributed by atoms with Crippen LogP contribution in [0.4, 0.5) is 0 Å². The van der Waals surface area contributed by atoms with Gasteiger partial charge in [-0.3, -0.25) is 4.79 Å². The van der Waals surface area contributed by atoms with Crippen LogP contribution in [-0.4, -0.2) is 19.0 Å². The van der Waals surface area contributed by atoms with Crippen LogP contribution in [-0.2, 0) is 9.53 Å². The van der Waals surface area contributed by atoms with Gasteiger partial charge in [0.1, 0.15) is 6.10 Å². The summed E-state index contributed by atoms with van der Waals surface area (Å²) in [4.78, 5) is 12.5. The first-order chi connectivity index (χ1) is 10.9. The highest BCUT2D eigenvalue weighted by Gasteiger charge is 2.60. The highest BCUT2D eigenvalue weighted by molar-refractivity contribution is 5.87. The maximum absolute atomic E-state index is 12.5. The Kier molecular flexibility index (Phi) is 3.19. The van der Waals surface area contributed by atoms with Gasteiger partial charge in [0.2, 0.25) is 0 Å². The van der Waals surface area contributed by atoms with Crippen LogP contribution < -0.4 is 5.73 Å². The Labute approximate surface area is 138 Å². The minimum atomic E-state index is -0.205. The zero-order valence-electron chi connectivity index (χ0n) is 14.3. The largest absolute Gasteiger partial charge is 0.399 e. The molecule has 0 aliphatic heterocycles. The highest BCUT2D eigenvalue weighted by atomic mass is 16.5. The van der Waals surface area contributed by atoms with Gasteiger partial charge >= 0.3 is 0 Å². The Morgan fingerprint density at radius 3 is 2.83 bits per heavy atom. The maximum Gasteiger partial charge on any atom is 0.162 e. The van der Waals surface area contributed by atoms with E-state index in [4.69, 9.17) is 10.5 Å². The highest BCUT2D eigenvalue weighted by Crippen LogP contribution is 2.63. The van der Waals surface area contributed by atoms with Gasteiger partial charge in [-0.2, -0.15) is 0 Å². The van der Waals surface area contributed by atoms with E-state index in [0.717, 1.165) is 25.0 Å². The van der Waals surface area contributed by atoms with Gasteiger partial charge in [0.25, 0.3) is 0 Å². The van der Waals surface area contributed by atoms with Gasteiger partial charge in [0.05, 0.1) is 0 Å². The van der Waals surface area contributed by atoms with E-state index in [9.17, 15) is 4.79 Å². The molecule has 0 radical (unpaired) electrons. The number of Topliss-reactive ketones (excluding diaryl/α,β-unsaturated/α-hetero) is 1. The molecular weight excluding hydrogens is 286 g/mol. The van der Waals surface area contributed by atoms with Gasteiger partial charge in [-0.15, -0.1) is 0 Å². The molecule has 3 heteroatoms. The molecule has 1 unspecified atom stereocenters. The summed E-state index contributed by atoms with van der Waals surface area (Å²) < 4.78 is 5.62. The fourth-order valence-corrected chi connectivity index (χ4v) is 6.14. The quantitative estimate of drug-likeness (QED) is 0.807. The lowest BCUT2D eigenvalue weighted by atomic mass is 9.49. The predicted octanol–water partition coefficient (Wildman–Crippen LogP) is 3.37. The first kappa shape index (κ1) is 15.2. The van der Waals surface area contributed by atoms with Crippen molar-refractivity contribution in [3.05, 3.63) is 35.6 Å². The molecule has 124 valence electrons. The molecule has 0 amide bonds. The van der Waals surface area contributed by atoms with Gasteiger partial charge in [-0.1, -0.05) is 26.0 Å². The van der Waals surface area contributed by atoms with Crippen LogP contribution >= 0.6 is 0 Å². The van der Waals surface area contributed by atoms with Gasteiger partial charge in [0, 0.05) is 30.1 Å². The van der Waals surface area contributed by atoms with E-state index in [-0.39, 0.29) is 16.9 Å². The van der Waals surface area contributed by atoms with Gasteiger partial charge < -0.3 is 10.5 Å². The molecule has 0 aromatic carbocycles. The molecule has 3 nitrogen and oxygen atoms in total. The van der Waals surface area contributed by atoms with E-state index in [1.165, 1.54) is 5.57 Å². The Morgan fingerprint density at radius 1 is 1.30 bits per heavy atom. The van der Waals surface area contributed by atoms with Crippen LogP contribution in [0.25, 0.3) is 0 Å². The summed E-state index contributed by atoms with van der Waals surface area (Å²) in [6, 6.07) is 0. The molecule has 4 rings (SSSR count). The number of carbonyl (C=O) groups excluding carboxylic acids is 1. The van der Waals surface area contributed by atoms with Crippen molar-refractivity contribution in [2.75, 3.05) is 7.11 Å². The van der Waals surface area contributed by atoms with Crippen molar-refractivity contribution < 1.29 is 9.53 Å². The molecule has 2 N–H and O–H groups in total. The molecule has 6 atom stereocenters. The topological polar surface area (TPSA) is 52.3 Å². The zero-order valence-corrected chi connectivity index (χ0v) is 14.3. The number of ketones is 1. The normalized spacial score (nSPS) is 48.2. The molecule has 2 fully saturated rings. The molecule has 0 heterocycles. The lowest BCUT2D eigenvalue weighted by Gasteiger charge is -2.55. The Bertz CT molecular complexity index is 646. The van der Waals surface area contributed by atoms with Gasteiger partial charge in [-0.25, -0.2) is 0 Å². The fourth-order valence-electron chi connectivity index (χ4n) is 6.14. The summed E-state index contributed by atoms with van der Waals surface area (Å²) in [5, 5.41) is 0. The van der Waals surface area contributed by atoms with E-state index in [1.807, 2.05) is 0 Å². The minimum absolute atomic E-state index is 0.0158. The van der Waals surface area contributed by atoms with Crippen molar-refractivity contribution in [3.63, 3.8) is 0 Å². The van der Waals surface area contributed by atoms with Gasteiger partial charge in [0.15, 0.2) is 5.78 Å². The number of nitrogens with two attached hydrogens (primary N) is 1. The molecule has 4 aliphatic rings. The first-order valence-corrected chi connectivity index (χ1v) is 8.82. The average Bonchev–Trinajstić information content (AvgIpc) is 2.77. The Balaban J connectivity index is 1.73. The fraction of sp³-hybridized carbons (Fsp3) is 0.650. The third kappa shape index (κ3) is 1.89. The second-order valence-corrected chi connectivity index (χ2v) is 8.36. The molecule has 0 aromatic rings. The van der Waals surface area contributed by atoms with Crippen LogP contribution in [0.1, 0.15) is 39.5 Å². The van der Waals surface area contributed by atoms with Crippen molar-refractivity contribution in [2.45, 2.75) is 45.6 Å². The number of methoxy groups -OCH3 is 1. The van der Waals surface area contributed by atoms with Crippen molar-refractivity contribution in [3.8, 4) is 0 Å². The number of hydrogen-bond acceptors (Lipinski definition) is 3. The summed E-state index contributed by atoms with van der Waals surface area (Å²) >= 11 is 0. The minimum Gasteiger partial charge on any atom is -0.399 e. The van der Waals surface area contributed by atoms with Crippen LogP contribution in [0, 0.1) is 28.6 Å². The lowest BCUT2D eigenvalue weighted by molar-refractivity contribution is -0.131. The Hall–Kier alpha value is -1.35. The SMILES string of the molecule is COC1C(=O)C[C@H]2[C@@H]3CC=C4C=C(N)C=C[C@]4(C)[C@@H]3CC[C@]12C. The standard InChI is InChI=1S/C20H27NO2/c1-19-8-6-13(21)10-12(19)4-5-14-15(19)7-9-20(2)16(14)11-17(22)18(20)23-3/h4,6,8,10,14-16,18H,5,7,9,11,21H2,1-3H3/t14-,15-,16+,18?,19+,20+/m1/s1. The van der Waals surface area contributed by atoms with Crippen LogP contribution in [0.15, 0.2) is 35.6 Å². The van der Waals surface area contributed by atoms with Crippen molar-refractivity contribution >= 4 is 5.78 Å². The van der Waals surface area contributed by atoms with E-state index in [1.54, 1.807) is 7.11 Å². The summed E-state index contributed by atoms with van der Waals surface area (Å²) in [5.41, 5.74) is 8.31. The van der Waals surface area contributed by atoms with E-state index in [0.29, 0.717) is 30.0 Å². The summed E-state index contributed by atoms with van der Waals surface area (Å²) in [5.74, 6) is 1.93. The van der Waals surface area contributed by atoms with Crippen LogP contribution in [0.5, 0.6) is 0 Å². The molecule has 0 bridgehead atoms. The van der Waals surface area contributed by atoms with Crippen molar-refractivity contribution in [1.29, 1.82) is 0 Å². The predicted molar refractivity (Wildman–Crippen MR) is 90.4 cm³/mol. The first-order valence-electron chi connectivity index (χ1n) is 8.82. The average molecular weight is 313 g/mol. The molecular formula is C20H27NO2. The second kappa shape index (κ2) is 4.83. The van der Waals surface area contributed by atoms with Crippen LogP contribution in [0.3, 0.4) is 0 Å². The zero-order chi connectivity index (χ0) is 16.4. The third-order valence-corrected chi connectivity index (χ3v) is 7.37. The molecule has 0 saturated heterocycles. The molecule has 0 aromatic heterocycles. The lowest BCUT2D eigenvalue weighted by Crippen LogP contribution is -2.50.